The molecule has 1 aliphatic rings. The second-order valence-electron chi connectivity index (χ2n) is 6.49. The minimum absolute atomic E-state index is 0.0451. The molecule has 1 aliphatic heterocycles. The van der Waals surface area contributed by atoms with Crippen LogP contribution in [0.3, 0.4) is 0 Å². The molecule has 1 amide bonds. The molecular formula is C20H19F4N3O2. The number of carbonyl (C=O) groups excluding carboxylic acids is 1. The van der Waals surface area contributed by atoms with Crippen molar-refractivity contribution in [2.45, 2.75) is 25.1 Å². The van der Waals surface area contributed by atoms with Gasteiger partial charge in [0.1, 0.15) is 5.82 Å². The van der Waals surface area contributed by atoms with Crippen LogP contribution in [0.15, 0.2) is 53.5 Å². The summed E-state index contributed by atoms with van der Waals surface area (Å²) in [5, 5.41) is 5.43. The molecule has 0 aromatic heterocycles. The maximum Gasteiger partial charge on any atom is 0.416 e. The first kappa shape index (κ1) is 20.8. The number of alkyl halides is 3. The molecule has 5 nitrogen and oxygen atoms in total. The minimum Gasteiger partial charge on any atom is -0.376 e. The van der Waals surface area contributed by atoms with E-state index in [-0.39, 0.29) is 17.6 Å². The van der Waals surface area contributed by atoms with E-state index in [0.717, 1.165) is 37.1 Å². The number of hydrogen-bond acceptors (Lipinski definition) is 3. The van der Waals surface area contributed by atoms with Crippen molar-refractivity contribution in [2.24, 2.45) is 4.99 Å². The van der Waals surface area contributed by atoms with Crippen LogP contribution in [0.1, 0.15) is 28.8 Å². The van der Waals surface area contributed by atoms with Gasteiger partial charge in [-0.05, 0) is 61.4 Å². The number of carbonyl (C=O) groups is 1. The number of aliphatic imine (C=N–C) groups is 1. The van der Waals surface area contributed by atoms with Crippen LogP contribution in [-0.4, -0.2) is 31.1 Å². The molecule has 29 heavy (non-hydrogen) atoms. The maximum absolute atomic E-state index is 13.1. The van der Waals surface area contributed by atoms with Crippen LogP contribution >= 0.6 is 0 Å². The smallest absolute Gasteiger partial charge is 0.376 e. The average Bonchev–Trinajstić information content (AvgIpc) is 3.21. The molecule has 9 heteroatoms. The van der Waals surface area contributed by atoms with Gasteiger partial charge in [0.15, 0.2) is 0 Å². The number of nitrogens with zero attached hydrogens (tertiary/aromatic N) is 1. The van der Waals surface area contributed by atoms with Crippen LogP contribution in [0, 0.1) is 5.82 Å². The summed E-state index contributed by atoms with van der Waals surface area (Å²) in [6, 6.07) is 9.30. The summed E-state index contributed by atoms with van der Waals surface area (Å²) in [5.41, 5.74) is -0.306. The molecule has 1 atom stereocenters. The molecule has 1 fully saturated rings. The average molecular weight is 409 g/mol. The number of amides is 1. The van der Waals surface area contributed by atoms with Gasteiger partial charge in [-0.2, -0.15) is 13.2 Å². The van der Waals surface area contributed by atoms with Crippen molar-refractivity contribution in [1.82, 2.24) is 5.32 Å². The molecule has 154 valence electrons. The van der Waals surface area contributed by atoms with Crippen LogP contribution in [-0.2, 0) is 10.9 Å². The van der Waals surface area contributed by atoms with E-state index >= 15 is 0 Å². The number of anilines is 1. The van der Waals surface area contributed by atoms with Gasteiger partial charge < -0.3 is 10.1 Å². The van der Waals surface area contributed by atoms with Crippen molar-refractivity contribution in [2.75, 3.05) is 18.5 Å². The molecule has 3 rings (SSSR count). The monoisotopic (exact) mass is 409 g/mol. The Morgan fingerprint density at radius 3 is 2.38 bits per heavy atom. The van der Waals surface area contributed by atoms with Gasteiger partial charge in [0.25, 0.3) is 5.91 Å². The quantitative estimate of drug-likeness (QED) is 0.452. The molecular weight excluding hydrogens is 390 g/mol. The number of ether oxygens (including phenoxy) is 1. The van der Waals surface area contributed by atoms with Crippen LogP contribution in [0.4, 0.5) is 23.2 Å². The van der Waals surface area contributed by atoms with E-state index < -0.39 is 23.5 Å². The summed E-state index contributed by atoms with van der Waals surface area (Å²) >= 11 is 0. The highest BCUT2D eigenvalue weighted by Gasteiger charge is 2.30. The Morgan fingerprint density at radius 1 is 1.10 bits per heavy atom. The van der Waals surface area contributed by atoms with Gasteiger partial charge in [0.05, 0.1) is 18.2 Å². The van der Waals surface area contributed by atoms with Gasteiger partial charge in [-0.25, -0.2) is 9.38 Å². The van der Waals surface area contributed by atoms with Gasteiger partial charge in [-0.1, -0.05) is 0 Å². The fraction of sp³-hybridized carbons (Fsp3) is 0.300. The predicted octanol–water partition coefficient (Wildman–Crippen LogP) is 4.22. The van der Waals surface area contributed by atoms with Crippen LogP contribution in [0.5, 0.6) is 0 Å². The Morgan fingerprint density at radius 2 is 1.79 bits per heavy atom. The summed E-state index contributed by atoms with van der Waals surface area (Å²) in [5.74, 6) is -0.946. The lowest BCUT2D eigenvalue weighted by Gasteiger charge is -2.14. The lowest BCUT2D eigenvalue weighted by atomic mass is 10.1. The highest BCUT2D eigenvalue weighted by molar-refractivity contribution is 6.09. The number of halogens is 4. The maximum atomic E-state index is 13.1. The van der Waals surface area contributed by atoms with Crippen molar-refractivity contribution in [3.05, 3.63) is 65.5 Å². The lowest BCUT2D eigenvalue weighted by molar-refractivity contribution is -0.137. The minimum atomic E-state index is -4.48. The molecule has 1 saturated heterocycles. The van der Waals surface area contributed by atoms with E-state index in [1.165, 1.54) is 24.3 Å². The van der Waals surface area contributed by atoms with E-state index in [0.29, 0.717) is 18.8 Å². The number of rotatable bonds is 4. The first-order chi connectivity index (χ1) is 13.8. The highest BCUT2D eigenvalue weighted by Crippen LogP contribution is 2.29. The van der Waals surface area contributed by atoms with Gasteiger partial charge >= 0.3 is 6.18 Å². The molecule has 2 aromatic rings. The van der Waals surface area contributed by atoms with Crippen LogP contribution in [0.25, 0.3) is 0 Å². The Bertz CT molecular complexity index is 859. The largest absolute Gasteiger partial charge is 0.416 e. The Kier molecular flexibility index (Phi) is 6.48. The summed E-state index contributed by atoms with van der Waals surface area (Å²) in [6.07, 6.45) is -2.77. The number of guanidine groups is 1. The molecule has 0 bridgehead atoms. The third-order valence-electron chi connectivity index (χ3n) is 4.29. The van der Waals surface area contributed by atoms with Crippen molar-refractivity contribution < 1.29 is 27.1 Å². The second kappa shape index (κ2) is 9.04. The summed E-state index contributed by atoms with van der Waals surface area (Å²) in [7, 11) is 0. The Labute approximate surface area is 164 Å². The third-order valence-corrected chi connectivity index (χ3v) is 4.29. The number of benzene rings is 2. The standard InChI is InChI=1S/C20H19F4N3O2/c21-15-7-9-16(10-8-15)26-19(25-12-17-2-1-11-29-17)27-18(28)13-3-5-14(6-4-13)20(22,23)24/h3-10,17H,1-2,11-12H2,(H2,25,26,27,28). The molecule has 1 unspecified atom stereocenters. The highest BCUT2D eigenvalue weighted by atomic mass is 19.4. The second-order valence-corrected chi connectivity index (χ2v) is 6.49. The van der Waals surface area contributed by atoms with Gasteiger partial charge in [-0.15, -0.1) is 0 Å². The van der Waals surface area contributed by atoms with E-state index in [4.69, 9.17) is 4.74 Å². The molecule has 1 heterocycles. The van der Waals surface area contributed by atoms with Crippen LogP contribution < -0.4 is 10.6 Å². The fourth-order valence-corrected chi connectivity index (χ4v) is 2.75. The number of hydrogen-bond donors (Lipinski definition) is 2. The third kappa shape index (κ3) is 6.02. The predicted molar refractivity (Wildman–Crippen MR) is 100 cm³/mol. The summed E-state index contributed by atoms with van der Waals surface area (Å²) in [4.78, 5) is 16.8. The zero-order valence-corrected chi connectivity index (χ0v) is 15.3. The molecule has 2 aromatic carbocycles. The normalized spacial score (nSPS) is 17.2. The molecule has 0 radical (unpaired) electrons. The van der Waals surface area contributed by atoms with E-state index in [2.05, 4.69) is 15.6 Å². The molecule has 0 spiro atoms. The molecule has 0 aliphatic carbocycles. The zero-order valence-electron chi connectivity index (χ0n) is 15.3. The first-order valence-electron chi connectivity index (χ1n) is 8.98. The summed E-state index contributed by atoms with van der Waals surface area (Å²) < 4.78 is 56.6. The zero-order chi connectivity index (χ0) is 20.9. The number of nitrogens with one attached hydrogen (secondary N) is 2. The SMILES string of the molecule is O=C(NC(=NCC1CCCO1)Nc1ccc(F)cc1)c1ccc(C(F)(F)F)cc1. The van der Waals surface area contributed by atoms with Crippen molar-refractivity contribution in [3.8, 4) is 0 Å². The fourth-order valence-electron chi connectivity index (χ4n) is 2.75. The van der Waals surface area contributed by atoms with E-state index in [9.17, 15) is 22.4 Å². The van der Waals surface area contributed by atoms with Crippen molar-refractivity contribution in [1.29, 1.82) is 0 Å². The van der Waals surface area contributed by atoms with Crippen molar-refractivity contribution in [3.63, 3.8) is 0 Å². The van der Waals surface area contributed by atoms with Crippen LogP contribution in [0.2, 0.25) is 0 Å². The molecule has 2 N–H and O–H groups in total. The molecule has 0 saturated carbocycles. The van der Waals surface area contributed by atoms with Gasteiger partial charge in [0, 0.05) is 17.9 Å². The van der Waals surface area contributed by atoms with Crippen molar-refractivity contribution >= 4 is 17.6 Å². The summed E-state index contributed by atoms with van der Waals surface area (Å²) in [6.45, 7) is 0.954. The first-order valence-corrected chi connectivity index (χ1v) is 8.98. The Balaban J connectivity index is 1.73. The van der Waals surface area contributed by atoms with Gasteiger partial charge in [-0.3, -0.25) is 10.1 Å². The van der Waals surface area contributed by atoms with Gasteiger partial charge in [0.2, 0.25) is 5.96 Å². The topological polar surface area (TPSA) is 62.7 Å². The van der Waals surface area contributed by atoms with E-state index in [1.807, 2.05) is 0 Å². The lowest BCUT2D eigenvalue weighted by Crippen LogP contribution is -2.36. The Hall–Kier alpha value is -2.94. The van der Waals surface area contributed by atoms with E-state index in [1.54, 1.807) is 0 Å².